The Labute approximate surface area is 86.1 Å². The molecule has 1 N–H and O–H groups in total. The summed E-state index contributed by atoms with van der Waals surface area (Å²) in [6.07, 6.45) is 0.637. The minimum atomic E-state index is -0.0755. The van der Waals surface area contributed by atoms with Crippen LogP contribution >= 0.6 is 0 Å². The van der Waals surface area contributed by atoms with Gasteiger partial charge in [0.05, 0.1) is 13.7 Å². The summed E-state index contributed by atoms with van der Waals surface area (Å²) in [5.74, 6) is 0.767. The SMILES string of the molecule is COc1cc(CO)cc2cc(C=O)oc12. The number of aldehydes is 1. The second-order valence-corrected chi connectivity index (χ2v) is 3.14. The molecule has 0 aliphatic heterocycles. The van der Waals surface area contributed by atoms with Crippen molar-refractivity contribution in [3.8, 4) is 5.75 Å². The fourth-order valence-corrected chi connectivity index (χ4v) is 1.50. The molecule has 0 saturated carbocycles. The largest absolute Gasteiger partial charge is 0.493 e. The van der Waals surface area contributed by atoms with Crippen LogP contribution in [0, 0.1) is 0 Å². The Morgan fingerprint density at radius 1 is 1.47 bits per heavy atom. The van der Waals surface area contributed by atoms with Crippen molar-refractivity contribution in [2.75, 3.05) is 7.11 Å². The third-order valence-electron chi connectivity index (χ3n) is 2.18. The first-order chi connectivity index (χ1) is 7.28. The second-order valence-electron chi connectivity index (χ2n) is 3.14. The number of carbonyl (C=O) groups excluding carboxylic acids is 1. The first kappa shape index (κ1) is 9.73. The molecule has 0 aliphatic carbocycles. The van der Waals surface area contributed by atoms with Gasteiger partial charge in [-0.3, -0.25) is 4.79 Å². The summed E-state index contributed by atoms with van der Waals surface area (Å²) < 4.78 is 10.4. The Morgan fingerprint density at radius 2 is 2.27 bits per heavy atom. The van der Waals surface area contributed by atoms with Crippen LogP contribution in [0.1, 0.15) is 16.1 Å². The van der Waals surface area contributed by atoms with E-state index >= 15 is 0 Å². The van der Waals surface area contributed by atoms with Crippen LogP contribution < -0.4 is 4.74 Å². The predicted octanol–water partition coefficient (Wildman–Crippen LogP) is 1.75. The average molecular weight is 206 g/mol. The van der Waals surface area contributed by atoms with Crippen molar-refractivity contribution in [3.63, 3.8) is 0 Å². The summed E-state index contributed by atoms with van der Waals surface area (Å²) in [4.78, 5) is 10.5. The van der Waals surface area contributed by atoms with Crippen LogP contribution in [-0.4, -0.2) is 18.5 Å². The van der Waals surface area contributed by atoms with E-state index in [1.165, 1.54) is 7.11 Å². The molecule has 0 amide bonds. The maximum absolute atomic E-state index is 10.5. The lowest BCUT2D eigenvalue weighted by Crippen LogP contribution is -1.87. The molecule has 4 nitrogen and oxygen atoms in total. The Kier molecular flexibility index (Phi) is 2.43. The van der Waals surface area contributed by atoms with Gasteiger partial charge >= 0.3 is 0 Å². The quantitative estimate of drug-likeness (QED) is 0.777. The Balaban J connectivity index is 2.71. The fraction of sp³-hybridized carbons (Fsp3) is 0.182. The van der Waals surface area contributed by atoms with Gasteiger partial charge in [-0.05, 0) is 23.8 Å². The summed E-state index contributed by atoms with van der Waals surface area (Å²) in [6.45, 7) is -0.0755. The van der Waals surface area contributed by atoms with Crippen molar-refractivity contribution in [3.05, 3.63) is 29.5 Å². The van der Waals surface area contributed by atoms with Gasteiger partial charge in [0.15, 0.2) is 23.4 Å². The number of fused-ring (bicyclic) bond motifs is 1. The molecule has 0 atom stereocenters. The summed E-state index contributed by atoms with van der Waals surface area (Å²) in [7, 11) is 1.51. The van der Waals surface area contributed by atoms with Gasteiger partial charge in [-0.25, -0.2) is 0 Å². The monoisotopic (exact) mass is 206 g/mol. The highest BCUT2D eigenvalue weighted by atomic mass is 16.5. The van der Waals surface area contributed by atoms with Crippen molar-refractivity contribution in [1.29, 1.82) is 0 Å². The highest BCUT2D eigenvalue weighted by molar-refractivity contribution is 5.89. The lowest BCUT2D eigenvalue weighted by Gasteiger charge is -2.02. The van der Waals surface area contributed by atoms with E-state index in [1.54, 1.807) is 18.2 Å². The van der Waals surface area contributed by atoms with Gasteiger partial charge in [0, 0.05) is 5.39 Å². The topological polar surface area (TPSA) is 59.7 Å². The molecule has 2 aromatic rings. The van der Waals surface area contributed by atoms with Crippen LogP contribution in [0.4, 0.5) is 0 Å². The van der Waals surface area contributed by atoms with E-state index in [0.29, 0.717) is 17.6 Å². The van der Waals surface area contributed by atoms with Gasteiger partial charge in [-0.15, -0.1) is 0 Å². The number of furan rings is 1. The Bertz CT molecular complexity index is 499. The van der Waals surface area contributed by atoms with Gasteiger partial charge in [0.2, 0.25) is 0 Å². The zero-order valence-corrected chi connectivity index (χ0v) is 8.19. The molecule has 0 radical (unpaired) electrons. The molecule has 0 fully saturated rings. The van der Waals surface area contributed by atoms with Crippen LogP contribution in [0.25, 0.3) is 11.0 Å². The maximum Gasteiger partial charge on any atom is 0.185 e. The molecule has 2 rings (SSSR count). The van der Waals surface area contributed by atoms with Crippen LogP contribution in [0.15, 0.2) is 22.6 Å². The van der Waals surface area contributed by atoms with Crippen molar-refractivity contribution in [2.45, 2.75) is 6.61 Å². The van der Waals surface area contributed by atoms with Gasteiger partial charge in [-0.2, -0.15) is 0 Å². The lowest BCUT2D eigenvalue weighted by atomic mass is 10.1. The highest BCUT2D eigenvalue weighted by Gasteiger charge is 2.10. The van der Waals surface area contributed by atoms with Crippen molar-refractivity contribution in [1.82, 2.24) is 0 Å². The number of carbonyl (C=O) groups is 1. The normalized spacial score (nSPS) is 10.5. The number of methoxy groups -OCH3 is 1. The van der Waals surface area contributed by atoms with E-state index in [4.69, 9.17) is 14.3 Å². The Hall–Kier alpha value is -1.81. The molecule has 4 heteroatoms. The van der Waals surface area contributed by atoms with E-state index in [0.717, 1.165) is 10.9 Å². The van der Waals surface area contributed by atoms with Crippen LogP contribution in [0.2, 0.25) is 0 Å². The van der Waals surface area contributed by atoms with E-state index < -0.39 is 0 Å². The molecule has 15 heavy (non-hydrogen) atoms. The number of hydrogen-bond donors (Lipinski definition) is 1. The number of benzene rings is 1. The van der Waals surface area contributed by atoms with Gasteiger partial charge < -0.3 is 14.3 Å². The Morgan fingerprint density at radius 3 is 2.87 bits per heavy atom. The summed E-state index contributed by atoms with van der Waals surface area (Å²) >= 11 is 0. The van der Waals surface area contributed by atoms with Crippen molar-refractivity contribution < 1.29 is 19.1 Å². The maximum atomic E-state index is 10.5. The minimum absolute atomic E-state index is 0.0755. The van der Waals surface area contributed by atoms with Gasteiger partial charge in [-0.1, -0.05) is 0 Å². The van der Waals surface area contributed by atoms with E-state index in [2.05, 4.69) is 0 Å². The molecule has 78 valence electrons. The molecule has 1 heterocycles. The summed E-state index contributed by atoms with van der Waals surface area (Å²) in [5, 5.41) is 9.78. The smallest absolute Gasteiger partial charge is 0.185 e. The molecule has 0 saturated heterocycles. The molecule has 0 bridgehead atoms. The summed E-state index contributed by atoms with van der Waals surface area (Å²) in [5.41, 5.74) is 1.24. The number of aliphatic hydroxyl groups excluding tert-OH is 1. The molecule has 0 spiro atoms. The van der Waals surface area contributed by atoms with E-state index in [1.807, 2.05) is 0 Å². The highest BCUT2D eigenvalue weighted by Crippen LogP contribution is 2.29. The first-order valence-electron chi connectivity index (χ1n) is 4.45. The van der Waals surface area contributed by atoms with Crippen LogP contribution in [-0.2, 0) is 6.61 Å². The molecular formula is C11H10O4. The third kappa shape index (κ3) is 1.59. The molecule has 1 aromatic carbocycles. The zero-order chi connectivity index (χ0) is 10.8. The van der Waals surface area contributed by atoms with E-state index in [-0.39, 0.29) is 12.4 Å². The molecule has 1 aromatic heterocycles. The lowest BCUT2D eigenvalue weighted by molar-refractivity contribution is 0.110. The first-order valence-corrected chi connectivity index (χ1v) is 4.45. The number of hydrogen-bond acceptors (Lipinski definition) is 4. The fourth-order valence-electron chi connectivity index (χ4n) is 1.50. The van der Waals surface area contributed by atoms with Gasteiger partial charge in [0.1, 0.15) is 0 Å². The third-order valence-corrected chi connectivity index (χ3v) is 2.18. The van der Waals surface area contributed by atoms with E-state index in [9.17, 15) is 4.79 Å². The predicted molar refractivity (Wildman–Crippen MR) is 54.1 cm³/mol. The summed E-state index contributed by atoms with van der Waals surface area (Å²) in [6, 6.07) is 5.05. The van der Waals surface area contributed by atoms with Crippen molar-refractivity contribution >= 4 is 17.3 Å². The standard InChI is InChI=1S/C11H10O4/c1-14-10-3-7(5-12)2-8-4-9(6-13)15-11(8)10/h2-4,6,12H,5H2,1H3. The molecule has 0 aliphatic rings. The van der Waals surface area contributed by atoms with Crippen LogP contribution in [0.3, 0.4) is 0 Å². The van der Waals surface area contributed by atoms with Crippen molar-refractivity contribution in [2.24, 2.45) is 0 Å². The zero-order valence-electron chi connectivity index (χ0n) is 8.19. The number of aliphatic hydroxyl groups is 1. The van der Waals surface area contributed by atoms with Crippen LogP contribution in [0.5, 0.6) is 5.75 Å². The molecular weight excluding hydrogens is 196 g/mol. The van der Waals surface area contributed by atoms with Gasteiger partial charge in [0.25, 0.3) is 0 Å². The molecule has 0 unspecified atom stereocenters. The average Bonchev–Trinajstić information content (AvgIpc) is 2.70. The number of ether oxygens (including phenoxy) is 1. The minimum Gasteiger partial charge on any atom is -0.493 e. The number of rotatable bonds is 3. The second kappa shape index (κ2) is 3.74.